The molecule has 0 atom stereocenters. The summed E-state index contributed by atoms with van der Waals surface area (Å²) in [5.41, 5.74) is 0. The van der Waals surface area contributed by atoms with Crippen molar-refractivity contribution in [1.82, 2.24) is 15.1 Å². The first kappa shape index (κ1) is 13.7. The molecular weight excluding hydrogens is 226 g/mol. The van der Waals surface area contributed by atoms with Gasteiger partial charge in [-0.05, 0) is 13.8 Å². The van der Waals surface area contributed by atoms with Gasteiger partial charge in [-0.1, -0.05) is 0 Å². The molecule has 4 nitrogen and oxygen atoms in total. The van der Waals surface area contributed by atoms with Gasteiger partial charge in [-0.3, -0.25) is 9.69 Å². The van der Waals surface area contributed by atoms with Crippen molar-refractivity contribution in [3.63, 3.8) is 0 Å². The minimum atomic E-state index is 0. The Balaban J connectivity index is 0.00000128. The van der Waals surface area contributed by atoms with E-state index < -0.39 is 0 Å². The molecule has 2 heterocycles. The Labute approximate surface area is 104 Å². The molecule has 0 spiro atoms. The van der Waals surface area contributed by atoms with Crippen molar-refractivity contribution >= 4 is 18.3 Å². The highest BCUT2D eigenvalue weighted by Crippen LogP contribution is 2.12. The molecule has 2 rings (SSSR count). The zero-order chi connectivity index (χ0) is 10.8. The number of amides is 1. The molecule has 0 saturated carbocycles. The molecule has 0 aromatic heterocycles. The summed E-state index contributed by atoms with van der Waals surface area (Å²) in [6.45, 7) is 10.1. The maximum Gasteiger partial charge on any atom is 0.228 e. The van der Waals surface area contributed by atoms with E-state index in [9.17, 15) is 4.79 Å². The highest BCUT2D eigenvalue weighted by atomic mass is 35.5. The fourth-order valence-electron chi connectivity index (χ4n) is 2.18. The van der Waals surface area contributed by atoms with Crippen LogP contribution in [0.1, 0.15) is 13.8 Å². The quantitative estimate of drug-likeness (QED) is 0.756. The lowest BCUT2D eigenvalue weighted by Crippen LogP contribution is -2.57. The molecule has 16 heavy (non-hydrogen) atoms. The van der Waals surface area contributed by atoms with Gasteiger partial charge in [0.15, 0.2) is 0 Å². The van der Waals surface area contributed by atoms with Crippen molar-refractivity contribution in [3.8, 4) is 0 Å². The first-order valence-corrected chi connectivity index (χ1v) is 5.92. The van der Waals surface area contributed by atoms with Gasteiger partial charge in [0.2, 0.25) is 5.91 Å². The molecule has 94 valence electrons. The van der Waals surface area contributed by atoms with Gasteiger partial charge < -0.3 is 10.2 Å². The Morgan fingerprint density at radius 2 is 1.75 bits per heavy atom. The summed E-state index contributed by atoms with van der Waals surface area (Å²) in [5.74, 6) is 0.618. The minimum absolute atomic E-state index is 0. The third-order valence-electron chi connectivity index (χ3n) is 3.49. The second-order valence-corrected chi connectivity index (χ2v) is 4.81. The number of hydrogen-bond acceptors (Lipinski definition) is 3. The van der Waals surface area contributed by atoms with Gasteiger partial charge in [0.1, 0.15) is 0 Å². The van der Waals surface area contributed by atoms with Crippen molar-refractivity contribution in [3.05, 3.63) is 0 Å². The predicted octanol–water partition coefficient (Wildman–Crippen LogP) is 0.180. The van der Waals surface area contributed by atoms with Gasteiger partial charge in [-0.15, -0.1) is 12.4 Å². The van der Waals surface area contributed by atoms with Crippen LogP contribution in [0.3, 0.4) is 0 Å². The Bertz CT molecular complexity index is 235. The number of piperazine rings is 1. The van der Waals surface area contributed by atoms with E-state index in [2.05, 4.69) is 24.1 Å². The molecule has 0 radical (unpaired) electrons. The Morgan fingerprint density at radius 3 is 2.12 bits per heavy atom. The number of hydrogen-bond donors (Lipinski definition) is 1. The summed E-state index contributed by atoms with van der Waals surface area (Å²) < 4.78 is 0. The summed E-state index contributed by atoms with van der Waals surface area (Å²) in [4.78, 5) is 16.4. The SMILES string of the molecule is CC(C)N1CCN(C(=O)C2CNC2)CC1.Cl. The van der Waals surface area contributed by atoms with Gasteiger partial charge >= 0.3 is 0 Å². The van der Waals surface area contributed by atoms with Crippen LogP contribution in [0.15, 0.2) is 0 Å². The van der Waals surface area contributed by atoms with Crippen LogP contribution in [0.2, 0.25) is 0 Å². The van der Waals surface area contributed by atoms with Crippen molar-refractivity contribution < 1.29 is 4.79 Å². The molecular formula is C11H22ClN3O. The Morgan fingerprint density at radius 1 is 1.19 bits per heavy atom. The van der Waals surface area contributed by atoms with Crippen LogP contribution in [-0.4, -0.2) is 61.0 Å². The number of nitrogens with one attached hydrogen (secondary N) is 1. The van der Waals surface area contributed by atoms with Crippen molar-refractivity contribution in [2.75, 3.05) is 39.3 Å². The van der Waals surface area contributed by atoms with Crippen molar-refractivity contribution in [1.29, 1.82) is 0 Å². The van der Waals surface area contributed by atoms with Crippen LogP contribution >= 0.6 is 12.4 Å². The van der Waals surface area contributed by atoms with E-state index in [1.807, 2.05) is 4.90 Å². The molecule has 1 amide bonds. The lowest BCUT2D eigenvalue weighted by Gasteiger charge is -2.39. The minimum Gasteiger partial charge on any atom is -0.340 e. The van der Waals surface area contributed by atoms with E-state index in [1.165, 1.54) is 0 Å². The normalized spacial score (nSPS) is 22.8. The number of carbonyl (C=O) groups is 1. The van der Waals surface area contributed by atoms with Gasteiger partial charge in [-0.2, -0.15) is 0 Å². The van der Waals surface area contributed by atoms with Gasteiger partial charge in [-0.25, -0.2) is 0 Å². The average Bonchev–Trinajstić information content (AvgIpc) is 2.15. The van der Waals surface area contributed by atoms with Crippen LogP contribution < -0.4 is 5.32 Å². The standard InChI is InChI=1S/C11H21N3O.ClH/c1-9(2)13-3-5-14(6-4-13)11(15)10-7-12-8-10;/h9-10,12H,3-8H2,1-2H3;1H. The fraction of sp³-hybridized carbons (Fsp3) is 0.909. The molecule has 0 aromatic rings. The highest BCUT2D eigenvalue weighted by molar-refractivity contribution is 5.85. The molecule has 2 fully saturated rings. The zero-order valence-corrected chi connectivity index (χ0v) is 10.9. The number of halogens is 1. The molecule has 0 bridgehead atoms. The number of carbonyl (C=O) groups excluding carboxylic acids is 1. The van der Waals surface area contributed by atoms with Crippen LogP contribution in [0.4, 0.5) is 0 Å². The summed E-state index contributed by atoms with van der Waals surface area (Å²) in [7, 11) is 0. The Kier molecular flexibility index (Phi) is 5.02. The first-order chi connectivity index (χ1) is 7.18. The second kappa shape index (κ2) is 5.84. The monoisotopic (exact) mass is 247 g/mol. The first-order valence-electron chi connectivity index (χ1n) is 5.92. The summed E-state index contributed by atoms with van der Waals surface area (Å²) in [6.07, 6.45) is 0. The third-order valence-corrected chi connectivity index (χ3v) is 3.49. The van der Waals surface area contributed by atoms with Gasteiger partial charge in [0.05, 0.1) is 5.92 Å². The van der Waals surface area contributed by atoms with Crippen molar-refractivity contribution in [2.45, 2.75) is 19.9 Å². The predicted molar refractivity (Wildman–Crippen MR) is 66.9 cm³/mol. The molecule has 1 N–H and O–H groups in total. The Hall–Kier alpha value is -0.320. The molecule has 2 aliphatic rings. The van der Waals surface area contributed by atoms with E-state index in [1.54, 1.807) is 0 Å². The van der Waals surface area contributed by atoms with E-state index in [0.29, 0.717) is 11.9 Å². The lowest BCUT2D eigenvalue weighted by molar-refractivity contribution is -0.139. The summed E-state index contributed by atoms with van der Waals surface area (Å²) in [5, 5.41) is 3.15. The number of nitrogens with zero attached hydrogens (tertiary/aromatic N) is 2. The van der Waals surface area contributed by atoms with Gasteiger partial charge in [0.25, 0.3) is 0 Å². The van der Waals surface area contributed by atoms with E-state index in [0.717, 1.165) is 39.3 Å². The van der Waals surface area contributed by atoms with Crippen molar-refractivity contribution in [2.24, 2.45) is 5.92 Å². The average molecular weight is 248 g/mol. The topological polar surface area (TPSA) is 35.6 Å². The molecule has 0 aromatic carbocycles. The maximum atomic E-state index is 11.9. The van der Waals surface area contributed by atoms with E-state index in [-0.39, 0.29) is 18.3 Å². The maximum absolute atomic E-state index is 11.9. The van der Waals surface area contributed by atoms with Crippen LogP contribution in [0, 0.1) is 5.92 Å². The summed E-state index contributed by atoms with van der Waals surface area (Å²) >= 11 is 0. The van der Waals surface area contributed by atoms with E-state index >= 15 is 0 Å². The van der Waals surface area contributed by atoms with E-state index in [4.69, 9.17) is 0 Å². The van der Waals surface area contributed by atoms with Gasteiger partial charge in [0, 0.05) is 45.3 Å². The summed E-state index contributed by atoms with van der Waals surface area (Å²) in [6, 6.07) is 0.604. The molecule has 2 saturated heterocycles. The largest absolute Gasteiger partial charge is 0.340 e. The lowest BCUT2D eigenvalue weighted by atomic mass is 10.0. The highest BCUT2D eigenvalue weighted by Gasteiger charge is 2.31. The zero-order valence-electron chi connectivity index (χ0n) is 10.1. The molecule has 2 aliphatic heterocycles. The second-order valence-electron chi connectivity index (χ2n) is 4.81. The molecule has 0 unspecified atom stereocenters. The smallest absolute Gasteiger partial charge is 0.228 e. The van der Waals surface area contributed by atoms with Crippen LogP contribution in [0.5, 0.6) is 0 Å². The van der Waals surface area contributed by atoms with Crippen LogP contribution in [0.25, 0.3) is 0 Å². The third kappa shape index (κ3) is 2.87. The number of rotatable bonds is 2. The molecule has 5 heteroatoms. The fourth-order valence-corrected chi connectivity index (χ4v) is 2.18. The van der Waals surface area contributed by atoms with Crippen LogP contribution in [-0.2, 0) is 4.79 Å². The molecule has 0 aliphatic carbocycles.